The van der Waals surface area contributed by atoms with E-state index < -0.39 is 0 Å². The molecule has 33 heavy (non-hydrogen) atoms. The molecule has 0 N–H and O–H groups in total. The smallest absolute Gasteiger partial charge is 0.119 e. The number of rotatable bonds is 15. The summed E-state index contributed by atoms with van der Waals surface area (Å²) in [7, 11) is 0. The van der Waals surface area contributed by atoms with Crippen LogP contribution in [0.2, 0.25) is 0 Å². The first-order chi connectivity index (χ1) is 16.3. The van der Waals surface area contributed by atoms with E-state index in [0.717, 1.165) is 36.0 Å². The first-order valence-corrected chi connectivity index (χ1v) is 15.0. The topological polar surface area (TPSA) is 9.23 Å². The van der Waals surface area contributed by atoms with Crippen molar-refractivity contribution in [3.8, 4) is 5.75 Å². The van der Waals surface area contributed by atoms with Crippen molar-refractivity contribution in [3.63, 3.8) is 0 Å². The van der Waals surface area contributed by atoms with E-state index in [1.54, 1.807) is 0 Å². The van der Waals surface area contributed by atoms with Gasteiger partial charge in [-0.15, -0.1) is 0 Å². The number of benzene rings is 1. The predicted molar refractivity (Wildman–Crippen MR) is 144 cm³/mol. The van der Waals surface area contributed by atoms with Crippen LogP contribution in [-0.4, -0.2) is 6.61 Å². The Kier molecular flexibility index (Phi) is 12.8. The molecular formula is C32H54O. The van der Waals surface area contributed by atoms with Gasteiger partial charge < -0.3 is 4.74 Å². The first-order valence-electron chi connectivity index (χ1n) is 15.0. The molecule has 1 aromatic carbocycles. The maximum atomic E-state index is 6.10. The first kappa shape index (κ1) is 26.6. The number of unbranched alkanes of at least 4 members (excludes halogenated alkanes) is 3. The lowest BCUT2D eigenvalue weighted by atomic mass is 9.75. The highest BCUT2D eigenvalue weighted by atomic mass is 16.5. The van der Waals surface area contributed by atoms with Crippen LogP contribution in [0.4, 0.5) is 0 Å². The van der Waals surface area contributed by atoms with Crippen LogP contribution in [-0.2, 0) is 6.42 Å². The quantitative estimate of drug-likeness (QED) is 0.239. The Morgan fingerprint density at radius 2 is 1.30 bits per heavy atom. The van der Waals surface area contributed by atoms with Crippen molar-refractivity contribution in [1.29, 1.82) is 0 Å². The maximum Gasteiger partial charge on any atom is 0.119 e. The van der Waals surface area contributed by atoms with Gasteiger partial charge in [0.05, 0.1) is 6.61 Å². The maximum absolute atomic E-state index is 6.10. The summed E-state index contributed by atoms with van der Waals surface area (Å²) in [5.74, 6) is 5.01. The Labute approximate surface area is 206 Å². The van der Waals surface area contributed by atoms with Crippen LogP contribution in [0.15, 0.2) is 24.3 Å². The lowest BCUT2D eigenvalue weighted by Crippen LogP contribution is -2.20. The fourth-order valence-electron chi connectivity index (χ4n) is 6.74. The molecule has 0 spiro atoms. The summed E-state index contributed by atoms with van der Waals surface area (Å²) in [6, 6.07) is 9.05. The molecule has 2 aliphatic carbocycles. The summed E-state index contributed by atoms with van der Waals surface area (Å²) < 4.78 is 6.10. The minimum atomic E-state index is 0.885. The SMILES string of the molecule is CCCCCCC1CCC(CCc2ccc(OCCCC3CCCCC3CCC)cc2)CC1. The van der Waals surface area contributed by atoms with Crippen molar-refractivity contribution in [2.75, 3.05) is 6.61 Å². The standard InChI is InChI=1S/C32H54O/c1-3-5-6-7-12-27-16-18-28(19-17-27)20-21-29-22-24-32(25-23-29)33-26-10-15-31-14-9-8-13-30(31)11-4-2/h22-25,27-28,30-31H,3-21,26H2,1-2H3. The summed E-state index contributed by atoms with van der Waals surface area (Å²) >= 11 is 0. The highest BCUT2D eigenvalue weighted by molar-refractivity contribution is 5.27. The van der Waals surface area contributed by atoms with E-state index in [-0.39, 0.29) is 0 Å². The Morgan fingerprint density at radius 1 is 0.636 bits per heavy atom. The highest BCUT2D eigenvalue weighted by Gasteiger charge is 2.24. The van der Waals surface area contributed by atoms with Gasteiger partial charge in [-0.1, -0.05) is 122 Å². The lowest BCUT2D eigenvalue weighted by molar-refractivity contribution is 0.193. The van der Waals surface area contributed by atoms with Gasteiger partial charge in [0.2, 0.25) is 0 Å². The number of hydrogen-bond acceptors (Lipinski definition) is 1. The summed E-state index contributed by atoms with van der Waals surface area (Å²) in [6.45, 7) is 5.54. The molecule has 3 rings (SSSR count). The third kappa shape index (κ3) is 10.0. The van der Waals surface area contributed by atoms with Crippen molar-refractivity contribution in [2.45, 2.75) is 136 Å². The van der Waals surface area contributed by atoms with Gasteiger partial charge in [0.1, 0.15) is 5.75 Å². The minimum absolute atomic E-state index is 0.885. The van der Waals surface area contributed by atoms with Crippen LogP contribution in [0.1, 0.15) is 135 Å². The number of ether oxygens (including phenoxy) is 1. The third-order valence-corrected chi connectivity index (χ3v) is 8.91. The monoisotopic (exact) mass is 454 g/mol. The van der Waals surface area contributed by atoms with Crippen molar-refractivity contribution < 1.29 is 4.74 Å². The Bertz CT molecular complexity index is 595. The molecule has 0 radical (unpaired) electrons. The van der Waals surface area contributed by atoms with Gasteiger partial charge in [0.25, 0.3) is 0 Å². The fraction of sp³-hybridized carbons (Fsp3) is 0.812. The van der Waals surface area contributed by atoms with E-state index in [4.69, 9.17) is 4.74 Å². The zero-order chi connectivity index (χ0) is 23.1. The van der Waals surface area contributed by atoms with Gasteiger partial charge in [-0.3, -0.25) is 0 Å². The second kappa shape index (κ2) is 15.8. The molecule has 1 nitrogen and oxygen atoms in total. The van der Waals surface area contributed by atoms with Gasteiger partial charge in [-0.2, -0.15) is 0 Å². The van der Waals surface area contributed by atoms with Crippen molar-refractivity contribution in [1.82, 2.24) is 0 Å². The zero-order valence-corrected chi connectivity index (χ0v) is 22.2. The molecule has 188 valence electrons. The van der Waals surface area contributed by atoms with E-state index >= 15 is 0 Å². The zero-order valence-electron chi connectivity index (χ0n) is 22.2. The largest absolute Gasteiger partial charge is 0.494 e. The van der Waals surface area contributed by atoms with E-state index in [1.807, 2.05) is 0 Å². The molecule has 0 bridgehead atoms. The van der Waals surface area contributed by atoms with E-state index in [0.29, 0.717) is 0 Å². The molecular weight excluding hydrogens is 400 g/mol. The van der Waals surface area contributed by atoms with Crippen molar-refractivity contribution in [2.24, 2.45) is 23.7 Å². The van der Waals surface area contributed by atoms with Crippen LogP contribution in [0, 0.1) is 23.7 Å². The van der Waals surface area contributed by atoms with Crippen molar-refractivity contribution in [3.05, 3.63) is 29.8 Å². The predicted octanol–water partition coefficient (Wildman–Crippen LogP) is 10.2. The summed E-state index contributed by atoms with van der Waals surface area (Å²) in [6.07, 6.45) is 27.0. The van der Waals surface area contributed by atoms with Crippen LogP contribution < -0.4 is 4.74 Å². The normalized spacial score (nSPS) is 25.8. The molecule has 0 aromatic heterocycles. The van der Waals surface area contributed by atoms with Crippen LogP contribution >= 0.6 is 0 Å². The Balaban J connectivity index is 1.26. The van der Waals surface area contributed by atoms with Gasteiger partial charge in [0, 0.05) is 0 Å². The molecule has 0 heterocycles. The van der Waals surface area contributed by atoms with Crippen LogP contribution in [0.3, 0.4) is 0 Å². The second-order valence-electron chi connectivity index (χ2n) is 11.5. The molecule has 0 amide bonds. The molecule has 2 unspecified atom stereocenters. The molecule has 2 saturated carbocycles. The Hall–Kier alpha value is -0.980. The van der Waals surface area contributed by atoms with Gasteiger partial charge in [0.15, 0.2) is 0 Å². The summed E-state index contributed by atoms with van der Waals surface area (Å²) in [4.78, 5) is 0. The molecule has 2 fully saturated rings. The average molecular weight is 455 g/mol. The molecule has 1 aromatic rings. The number of hydrogen-bond donors (Lipinski definition) is 0. The van der Waals surface area contributed by atoms with Crippen LogP contribution in [0.25, 0.3) is 0 Å². The Morgan fingerprint density at radius 3 is 1.97 bits per heavy atom. The third-order valence-electron chi connectivity index (χ3n) is 8.91. The minimum Gasteiger partial charge on any atom is -0.494 e. The average Bonchev–Trinajstić information content (AvgIpc) is 2.86. The lowest BCUT2D eigenvalue weighted by Gasteiger charge is -2.31. The van der Waals surface area contributed by atoms with Gasteiger partial charge >= 0.3 is 0 Å². The van der Waals surface area contributed by atoms with Gasteiger partial charge in [-0.05, 0) is 67.1 Å². The summed E-state index contributed by atoms with van der Waals surface area (Å²) in [5.41, 5.74) is 1.49. The van der Waals surface area contributed by atoms with E-state index in [2.05, 4.69) is 38.1 Å². The fourth-order valence-corrected chi connectivity index (χ4v) is 6.74. The second-order valence-corrected chi connectivity index (χ2v) is 11.5. The molecule has 0 saturated heterocycles. The summed E-state index contributed by atoms with van der Waals surface area (Å²) in [5, 5.41) is 0. The molecule has 2 atom stereocenters. The molecule has 2 aliphatic rings. The van der Waals surface area contributed by atoms with Crippen LogP contribution in [0.5, 0.6) is 5.75 Å². The molecule has 1 heteroatoms. The van der Waals surface area contributed by atoms with Crippen molar-refractivity contribution >= 4 is 0 Å². The van der Waals surface area contributed by atoms with E-state index in [1.165, 1.54) is 128 Å². The van der Waals surface area contributed by atoms with E-state index in [9.17, 15) is 0 Å². The van der Waals surface area contributed by atoms with Gasteiger partial charge in [-0.25, -0.2) is 0 Å². The highest BCUT2D eigenvalue weighted by Crippen LogP contribution is 2.36. The number of aryl methyl sites for hydroxylation is 1. The molecule has 0 aliphatic heterocycles.